The molecule has 0 saturated heterocycles. The number of pyridine rings is 1. The fraction of sp³-hybridized carbons (Fsp3) is 0.286. The van der Waals surface area contributed by atoms with Crippen LogP contribution in [0.1, 0.15) is 17.6 Å². The van der Waals surface area contributed by atoms with Crippen molar-refractivity contribution in [2.24, 2.45) is 0 Å². The van der Waals surface area contributed by atoms with Crippen LogP contribution < -0.4 is 5.56 Å². The number of halogens is 6. The van der Waals surface area contributed by atoms with Gasteiger partial charge in [0.25, 0.3) is 12.0 Å². The highest BCUT2D eigenvalue weighted by molar-refractivity contribution is 6.32. The van der Waals surface area contributed by atoms with E-state index in [-0.39, 0.29) is 0 Å². The Morgan fingerprint density at radius 2 is 1.87 bits per heavy atom. The highest BCUT2D eigenvalue weighted by Crippen LogP contribution is 2.36. The number of aromatic amines is 1. The Labute approximate surface area is 84.7 Å². The molecule has 0 aliphatic carbocycles. The van der Waals surface area contributed by atoms with E-state index in [1.807, 2.05) is 0 Å². The maximum atomic E-state index is 12.2. The highest BCUT2D eigenvalue weighted by atomic mass is 35.5. The Morgan fingerprint density at radius 1 is 1.33 bits per heavy atom. The first kappa shape index (κ1) is 12.0. The molecule has 84 valence electrons. The molecule has 0 unspecified atom stereocenters. The molecule has 1 heterocycles. The maximum absolute atomic E-state index is 12.2. The number of alkyl halides is 5. The first-order valence-electron chi connectivity index (χ1n) is 3.51. The van der Waals surface area contributed by atoms with Gasteiger partial charge in [0.05, 0.1) is 10.6 Å². The van der Waals surface area contributed by atoms with Crippen molar-refractivity contribution in [1.82, 2.24) is 4.98 Å². The topological polar surface area (TPSA) is 32.9 Å². The van der Waals surface area contributed by atoms with Crippen molar-refractivity contribution < 1.29 is 22.0 Å². The third kappa shape index (κ3) is 2.28. The average Bonchev–Trinajstić information content (AvgIpc) is 2.00. The van der Waals surface area contributed by atoms with Gasteiger partial charge in [0.1, 0.15) is 5.56 Å². The van der Waals surface area contributed by atoms with E-state index in [4.69, 9.17) is 11.6 Å². The smallest absolute Gasteiger partial charge is 0.328 e. The minimum Gasteiger partial charge on any atom is -0.328 e. The van der Waals surface area contributed by atoms with Crippen molar-refractivity contribution in [2.45, 2.75) is 12.6 Å². The largest absolute Gasteiger partial charge is 0.423 e. The second-order valence-corrected chi connectivity index (χ2v) is 2.94. The molecule has 2 nitrogen and oxygen atoms in total. The molecule has 1 aromatic rings. The van der Waals surface area contributed by atoms with E-state index in [9.17, 15) is 26.7 Å². The van der Waals surface area contributed by atoms with E-state index in [0.717, 1.165) is 0 Å². The Bertz CT molecular complexity index is 424. The Morgan fingerprint density at radius 3 is 2.27 bits per heavy atom. The Kier molecular flexibility index (Phi) is 3.03. The van der Waals surface area contributed by atoms with Crippen LogP contribution in [0, 0.1) is 0 Å². The summed E-state index contributed by atoms with van der Waals surface area (Å²) in [5.41, 5.74) is -4.40. The molecule has 1 N–H and O–H groups in total. The molecule has 0 aliphatic rings. The monoisotopic (exact) mass is 247 g/mol. The lowest BCUT2D eigenvalue weighted by atomic mass is 10.2. The minimum atomic E-state index is -5.06. The fourth-order valence-electron chi connectivity index (χ4n) is 0.935. The number of aromatic nitrogens is 1. The van der Waals surface area contributed by atoms with Gasteiger partial charge >= 0.3 is 6.18 Å². The van der Waals surface area contributed by atoms with E-state index >= 15 is 0 Å². The molecule has 0 aliphatic heterocycles. The summed E-state index contributed by atoms with van der Waals surface area (Å²) in [5.74, 6) is 0. The van der Waals surface area contributed by atoms with Crippen LogP contribution >= 0.6 is 11.6 Å². The minimum absolute atomic E-state index is 0.463. The molecule has 1 aromatic heterocycles. The van der Waals surface area contributed by atoms with Gasteiger partial charge in [-0.05, 0) is 0 Å². The van der Waals surface area contributed by atoms with Gasteiger partial charge in [-0.2, -0.15) is 13.2 Å². The molecule has 1 rings (SSSR count). The van der Waals surface area contributed by atoms with Crippen LogP contribution in [0.3, 0.4) is 0 Å². The summed E-state index contributed by atoms with van der Waals surface area (Å²) >= 11 is 5.07. The SMILES string of the molecule is O=c1[nH]cc(C(F)F)c(Cl)c1C(F)(F)F. The number of H-pyrrole nitrogens is 1. The maximum Gasteiger partial charge on any atom is 0.423 e. The van der Waals surface area contributed by atoms with E-state index in [2.05, 4.69) is 0 Å². The molecule has 0 saturated carbocycles. The number of hydrogen-bond donors (Lipinski definition) is 1. The Hall–Kier alpha value is -1.11. The van der Waals surface area contributed by atoms with E-state index in [0.29, 0.717) is 6.20 Å². The van der Waals surface area contributed by atoms with Crippen LogP contribution in [0.15, 0.2) is 11.0 Å². The zero-order chi connectivity index (χ0) is 11.8. The molecule has 0 radical (unpaired) electrons. The fourth-order valence-corrected chi connectivity index (χ4v) is 1.26. The number of rotatable bonds is 1. The molecule has 0 bridgehead atoms. The summed E-state index contributed by atoms with van der Waals surface area (Å²) in [6.07, 6.45) is -7.78. The lowest BCUT2D eigenvalue weighted by Crippen LogP contribution is -2.22. The van der Waals surface area contributed by atoms with Crippen molar-refractivity contribution in [1.29, 1.82) is 0 Å². The first-order chi connectivity index (χ1) is 6.75. The predicted molar refractivity (Wildman–Crippen MR) is 42.0 cm³/mol. The van der Waals surface area contributed by atoms with Gasteiger partial charge in [0.15, 0.2) is 0 Å². The van der Waals surface area contributed by atoms with Crippen LogP contribution in [0.5, 0.6) is 0 Å². The van der Waals surface area contributed by atoms with Crippen molar-refractivity contribution >= 4 is 11.6 Å². The summed E-state index contributed by atoms with van der Waals surface area (Å²) in [6, 6.07) is 0. The van der Waals surface area contributed by atoms with Crippen molar-refractivity contribution in [3.8, 4) is 0 Å². The van der Waals surface area contributed by atoms with E-state index < -0.39 is 34.3 Å². The first-order valence-corrected chi connectivity index (χ1v) is 3.89. The molecular weight excluding hydrogens is 245 g/mol. The average molecular weight is 248 g/mol. The van der Waals surface area contributed by atoms with E-state index in [1.54, 1.807) is 4.98 Å². The molecule has 0 atom stereocenters. The van der Waals surface area contributed by atoms with Crippen LogP contribution in [0.4, 0.5) is 22.0 Å². The molecule has 15 heavy (non-hydrogen) atoms. The van der Waals surface area contributed by atoms with Crippen molar-refractivity contribution in [3.63, 3.8) is 0 Å². The summed E-state index contributed by atoms with van der Waals surface area (Å²) in [5, 5.41) is -1.26. The van der Waals surface area contributed by atoms with Gasteiger partial charge in [0.2, 0.25) is 0 Å². The van der Waals surface area contributed by atoms with Gasteiger partial charge in [-0.15, -0.1) is 0 Å². The summed E-state index contributed by atoms with van der Waals surface area (Å²) in [7, 11) is 0. The summed E-state index contributed by atoms with van der Waals surface area (Å²) in [6.45, 7) is 0. The summed E-state index contributed by atoms with van der Waals surface area (Å²) in [4.78, 5) is 12.3. The standard InChI is InChI=1S/C7H3ClF5NO/c8-4-2(5(9)10)1-14-6(15)3(4)7(11,12)13/h1,5H,(H,14,15). The van der Waals surface area contributed by atoms with Crippen LogP contribution in [0.25, 0.3) is 0 Å². The van der Waals surface area contributed by atoms with Gasteiger partial charge in [-0.25, -0.2) is 8.78 Å². The molecule has 0 spiro atoms. The normalized spacial score (nSPS) is 12.2. The third-order valence-electron chi connectivity index (χ3n) is 1.58. The quantitative estimate of drug-likeness (QED) is 0.761. The second kappa shape index (κ2) is 3.80. The molecule has 8 heteroatoms. The number of hydrogen-bond acceptors (Lipinski definition) is 1. The lowest BCUT2D eigenvalue weighted by Gasteiger charge is -2.10. The molecule has 0 aromatic carbocycles. The predicted octanol–water partition coefficient (Wildman–Crippen LogP) is 2.98. The summed E-state index contributed by atoms with van der Waals surface area (Å²) < 4.78 is 60.9. The third-order valence-corrected chi connectivity index (χ3v) is 1.98. The van der Waals surface area contributed by atoms with Gasteiger partial charge in [-0.1, -0.05) is 11.6 Å². The van der Waals surface area contributed by atoms with Crippen LogP contribution in [0.2, 0.25) is 5.02 Å². The van der Waals surface area contributed by atoms with E-state index in [1.165, 1.54) is 0 Å². The number of nitrogens with one attached hydrogen (secondary N) is 1. The van der Waals surface area contributed by atoms with Crippen LogP contribution in [-0.4, -0.2) is 4.98 Å². The van der Waals surface area contributed by atoms with Crippen molar-refractivity contribution in [2.75, 3.05) is 0 Å². The Balaban J connectivity index is 3.51. The lowest BCUT2D eigenvalue weighted by molar-refractivity contribution is -0.138. The van der Waals surface area contributed by atoms with Gasteiger partial charge in [-0.3, -0.25) is 4.79 Å². The molecule has 0 amide bonds. The zero-order valence-electron chi connectivity index (χ0n) is 6.83. The van der Waals surface area contributed by atoms with Gasteiger partial charge < -0.3 is 4.98 Å². The second-order valence-electron chi connectivity index (χ2n) is 2.56. The highest BCUT2D eigenvalue weighted by Gasteiger charge is 2.38. The van der Waals surface area contributed by atoms with Crippen LogP contribution in [-0.2, 0) is 6.18 Å². The van der Waals surface area contributed by atoms with Crippen molar-refractivity contribution in [3.05, 3.63) is 32.7 Å². The molecular formula is C7H3ClF5NO. The molecule has 0 fully saturated rings. The van der Waals surface area contributed by atoms with Gasteiger partial charge in [0, 0.05) is 6.20 Å². The zero-order valence-corrected chi connectivity index (χ0v) is 7.59.